The molecule has 0 bridgehead atoms. The van der Waals surface area contributed by atoms with Gasteiger partial charge in [0.25, 0.3) is 0 Å². The first-order valence-corrected chi connectivity index (χ1v) is 5.85. The van der Waals surface area contributed by atoms with Crippen LogP contribution < -0.4 is 5.32 Å². The van der Waals surface area contributed by atoms with E-state index in [9.17, 15) is 18.0 Å². The van der Waals surface area contributed by atoms with E-state index in [4.69, 9.17) is 5.11 Å². The predicted octanol–water partition coefficient (Wildman–Crippen LogP) is 2.42. The molecular weight excluding hydrogens is 235 g/mol. The first kappa shape index (κ1) is 14.3. The molecular formula is C11H18F3NO2. The summed E-state index contributed by atoms with van der Waals surface area (Å²) in [6, 6.07) is -0.0540. The van der Waals surface area contributed by atoms with Crippen molar-refractivity contribution in [2.24, 2.45) is 11.8 Å². The predicted molar refractivity (Wildman–Crippen MR) is 56.6 cm³/mol. The van der Waals surface area contributed by atoms with Crippen molar-refractivity contribution >= 4 is 5.97 Å². The first-order valence-electron chi connectivity index (χ1n) is 5.85. The highest BCUT2D eigenvalue weighted by Crippen LogP contribution is 2.29. The van der Waals surface area contributed by atoms with E-state index in [0.717, 1.165) is 25.7 Å². The molecule has 17 heavy (non-hydrogen) atoms. The van der Waals surface area contributed by atoms with E-state index in [1.807, 2.05) is 6.92 Å². The quantitative estimate of drug-likeness (QED) is 0.791. The van der Waals surface area contributed by atoms with E-state index in [1.165, 1.54) is 0 Å². The molecule has 6 heteroatoms. The third-order valence-electron chi connectivity index (χ3n) is 3.44. The molecule has 0 saturated heterocycles. The van der Waals surface area contributed by atoms with E-state index in [2.05, 4.69) is 5.32 Å². The molecule has 0 aromatic rings. The van der Waals surface area contributed by atoms with Crippen LogP contribution in [0.5, 0.6) is 0 Å². The van der Waals surface area contributed by atoms with Crippen LogP contribution in [0.1, 0.15) is 32.6 Å². The van der Waals surface area contributed by atoms with Crippen molar-refractivity contribution in [1.29, 1.82) is 0 Å². The van der Waals surface area contributed by atoms with Crippen LogP contribution >= 0.6 is 0 Å². The Bertz CT molecular complexity index is 262. The van der Waals surface area contributed by atoms with Crippen LogP contribution in [0.4, 0.5) is 13.2 Å². The zero-order valence-electron chi connectivity index (χ0n) is 9.76. The Labute approximate surface area is 98.4 Å². The number of carboxylic acids is 1. The fourth-order valence-electron chi connectivity index (χ4n) is 2.27. The van der Waals surface area contributed by atoms with Gasteiger partial charge in [-0.15, -0.1) is 0 Å². The number of aliphatic carboxylic acids is 1. The van der Waals surface area contributed by atoms with Crippen molar-refractivity contribution < 1.29 is 23.1 Å². The molecule has 0 aromatic carbocycles. The first-order chi connectivity index (χ1) is 7.82. The number of hydrogen-bond donors (Lipinski definition) is 2. The fourth-order valence-corrected chi connectivity index (χ4v) is 2.27. The summed E-state index contributed by atoms with van der Waals surface area (Å²) >= 11 is 0. The molecule has 1 unspecified atom stereocenters. The van der Waals surface area contributed by atoms with Gasteiger partial charge in [0.15, 0.2) is 5.92 Å². The Hall–Kier alpha value is -0.780. The maximum atomic E-state index is 12.4. The summed E-state index contributed by atoms with van der Waals surface area (Å²) in [5, 5.41) is 11.2. The van der Waals surface area contributed by atoms with Gasteiger partial charge >= 0.3 is 12.1 Å². The van der Waals surface area contributed by atoms with Crippen LogP contribution in [-0.2, 0) is 4.79 Å². The largest absolute Gasteiger partial charge is 0.481 e. The van der Waals surface area contributed by atoms with E-state index < -0.39 is 24.6 Å². The molecule has 0 heterocycles. The Morgan fingerprint density at radius 2 is 1.94 bits per heavy atom. The lowest BCUT2D eigenvalue weighted by Gasteiger charge is -2.23. The zero-order chi connectivity index (χ0) is 13.1. The minimum atomic E-state index is -4.69. The molecule has 1 saturated carbocycles. The van der Waals surface area contributed by atoms with Crippen LogP contribution in [0.3, 0.4) is 0 Å². The molecule has 1 aliphatic rings. The van der Waals surface area contributed by atoms with Gasteiger partial charge < -0.3 is 10.4 Å². The van der Waals surface area contributed by atoms with Crippen molar-refractivity contribution in [2.45, 2.75) is 44.8 Å². The second kappa shape index (κ2) is 5.71. The number of alkyl halides is 3. The van der Waals surface area contributed by atoms with Crippen molar-refractivity contribution in [2.75, 3.05) is 6.54 Å². The van der Waals surface area contributed by atoms with Gasteiger partial charge in [0.2, 0.25) is 0 Å². The summed E-state index contributed by atoms with van der Waals surface area (Å²) in [4.78, 5) is 10.5. The zero-order valence-corrected chi connectivity index (χ0v) is 9.76. The van der Waals surface area contributed by atoms with Gasteiger partial charge in [-0.05, 0) is 25.7 Å². The maximum Gasteiger partial charge on any atom is 0.403 e. The molecule has 0 aromatic heterocycles. The Kier molecular flexibility index (Phi) is 4.80. The summed E-state index contributed by atoms with van der Waals surface area (Å²) in [6.07, 6.45) is -0.444. The Balaban J connectivity index is 2.43. The second-order valence-corrected chi connectivity index (χ2v) is 4.67. The SMILES string of the molecule is C[C@H](NCC(C(=O)O)C(F)(F)F)C1CCCC1. The summed E-state index contributed by atoms with van der Waals surface area (Å²) in [7, 11) is 0. The van der Waals surface area contributed by atoms with Crippen molar-refractivity contribution in [3.8, 4) is 0 Å². The molecule has 1 aliphatic carbocycles. The van der Waals surface area contributed by atoms with E-state index in [-0.39, 0.29) is 6.04 Å². The highest BCUT2D eigenvalue weighted by atomic mass is 19.4. The van der Waals surface area contributed by atoms with Gasteiger partial charge in [0.1, 0.15) is 0 Å². The molecule has 0 amide bonds. The van der Waals surface area contributed by atoms with Crippen LogP contribution in [0.25, 0.3) is 0 Å². The summed E-state index contributed by atoms with van der Waals surface area (Å²) in [6.45, 7) is 1.28. The molecule has 2 atom stereocenters. The lowest BCUT2D eigenvalue weighted by molar-refractivity contribution is -0.192. The van der Waals surface area contributed by atoms with Crippen molar-refractivity contribution in [3.63, 3.8) is 0 Å². The smallest absolute Gasteiger partial charge is 0.403 e. The molecule has 1 rings (SSSR count). The number of carboxylic acid groups (broad SMARTS) is 1. The van der Waals surface area contributed by atoms with Gasteiger partial charge in [-0.3, -0.25) is 4.79 Å². The van der Waals surface area contributed by atoms with Crippen LogP contribution in [0.2, 0.25) is 0 Å². The molecule has 3 nitrogen and oxygen atoms in total. The standard InChI is InChI=1S/C11H18F3NO2/c1-7(8-4-2-3-5-8)15-6-9(10(16)17)11(12,13)14/h7-9,15H,2-6H2,1H3,(H,16,17)/t7-,9?/m0/s1. The third-order valence-corrected chi connectivity index (χ3v) is 3.44. The number of halogens is 3. The molecule has 0 spiro atoms. The van der Waals surface area contributed by atoms with Gasteiger partial charge in [0, 0.05) is 12.6 Å². The second-order valence-electron chi connectivity index (χ2n) is 4.67. The normalized spacial score (nSPS) is 21.4. The average molecular weight is 253 g/mol. The average Bonchev–Trinajstić information content (AvgIpc) is 2.67. The van der Waals surface area contributed by atoms with Gasteiger partial charge in [-0.2, -0.15) is 13.2 Å². The summed E-state index contributed by atoms with van der Waals surface area (Å²) in [5.41, 5.74) is 0. The van der Waals surface area contributed by atoms with Crippen molar-refractivity contribution in [3.05, 3.63) is 0 Å². The monoisotopic (exact) mass is 253 g/mol. The molecule has 0 aliphatic heterocycles. The molecule has 0 radical (unpaired) electrons. The molecule has 1 fully saturated rings. The number of carbonyl (C=O) groups is 1. The van der Waals surface area contributed by atoms with Gasteiger partial charge in [-0.1, -0.05) is 12.8 Å². The summed E-state index contributed by atoms with van der Waals surface area (Å²) < 4.78 is 37.1. The van der Waals surface area contributed by atoms with Crippen LogP contribution in [-0.4, -0.2) is 29.8 Å². The van der Waals surface area contributed by atoms with E-state index in [1.54, 1.807) is 0 Å². The maximum absolute atomic E-state index is 12.4. The topological polar surface area (TPSA) is 49.3 Å². The molecule has 100 valence electrons. The van der Waals surface area contributed by atoms with Crippen LogP contribution in [0.15, 0.2) is 0 Å². The molecule has 2 N–H and O–H groups in total. The number of nitrogens with one attached hydrogen (secondary N) is 1. The van der Waals surface area contributed by atoms with Gasteiger partial charge in [0.05, 0.1) is 0 Å². The number of rotatable bonds is 5. The Morgan fingerprint density at radius 3 is 2.35 bits per heavy atom. The minimum Gasteiger partial charge on any atom is -0.481 e. The number of hydrogen-bond acceptors (Lipinski definition) is 2. The summed E-state index contributed by atoms with van der Waals surface area (Å²) in [5.74, 6) is -3.76. The Morgan fingerprint density at radius 1 is 1.41 bits per heavy atom. The van der Waals surface area contributed by atoms with Crippen molar-refractivity contribution in [1.82, 2.24) is 5.32 Å². The van der Waals surface area contributed by atoms with E-state index >= 15 is 0 Å². The minimum absolute atomic E-state index is 0.0540. The van der Waals surface area contributed by atoms with Gasteiger partial charge in [-0.25, -0.2) is 0 Å². The van der Waals surface area contributed by atoms with E-state index in [0.29, 0.717) is 5.92 Å². The highest BCUT2D eigenvalue weighted by Gasteiger charge is 2.45. The third kappa shape index (κ3) is 4.18. The fraction of sp³-hybridized carbons (Fsp3) is 0.909. The highest BCUT2D eigenvalue weighted by molar-refractivity contribution is 5.71. The van der Waals surface area contributed by atoms with Crippen LogP contribution in [0, 0.1) is 11.8 Å². The lowest BCUT2D eigenvalue weighted by atomic mass is 9.99. The lowest BCUT2D eigenvalue weighted by Crippen LogP contribution is -2.43.